The molecule has 3 aromatic rings. The van der Waals surface area contributed by atoms with Gasteiger partial charge in [-0.1, -0.05) is 36.4 Å². The van der Waals surface area contributed by atoms with E-state index in [1.54, 1.807) is 30.3 Å². The molecule has 1 aliphatic rings. The van der Waals surface area contributed by atoms with Crippen LogP contribution in [0, 0.1) is 18.3 Å². The number of hydrogen-bond acceptors (Lipinski definition) is 10. The van der Waals surface area contributed by atoms with Crippen molar-refractivity contribution in [1.29, 1.82) is 5.26 Å². The molecule has 38 heavy (non-hydrogen) atoms. The first kappa shape index (κ1) is 26.9. The number of pyridine rings is 1. The van der Waals surface area contributed by atoms with Gasteiger partial charge in [-0.2, -0.15) is 5.26 Å². The number of para-hydroxylation sites is 2. The van der Waals surface area contributed by atoms with Gasteiger partial charge in [0.1, 0.15) is 17.9 Å². The lowest BCUT2D eigenvalue weighted by Gasteiger charge is -2.41. The number of carbonyl (C=O) groups is 3. The summed E-state index contributed by atoms with van der Waals surface area (Å²) in [6.07, 6.45) is 0.119. The van der Waals surface area contributed by atoms with Gasteiger partial charge < -0.3 is 14.2 Å². The Balaban J connectivity index is 1.58. The Morgan fingerprint density at radius 1 is 1.18 bits per heavy atom. The molecule has 0 saturated carbocycles. The van der Waals surface area contributed by atoms with Crippen molar-refractivity contribution in [3.05, 3.63) is 65.9 Å². The molecular weight excluding hydrogens is 512 g/mol. The summed E-state index contributed by atoms with van der Waals surface area (Å²) in [6, 6.07) is 16.7. The first-order chi connectivity index (χ1) is 18.3. The highest BCUT2D eigenvalue weighted by Crippen LogP contribution is 2.34. The van der Waals surface area contributed by atoms with Crippen LogP contribution in [0.1, 0.15) is 30.5 Å². The van der Waals surface area contributed by atoms with Gasteiger partial charge in [0.25, 0.3) is 0 Å². The van der Waals surface area contributed by atoms with Gasteiger partial charge in [0.2, 0.25) is 0 Å². The molecule has 2 atom stereocenters. The number of aryl methyl sites for hydroxylation is 1. The van der Waals surface area contributed by atoms with Crippen LogP contribution in [-0.4, -0.2) is 41.0 Å². The maximum absolute atomic E-state index is 12.8. The monoisotopic (exact) mass is 536 g/mol. The minimum atomic E-state index is -2.26. The minimum Gasteiger partial charge on any atom is -0.487 e. The standard InChI is InChI=1S/C27H25ClN4O6/c1-17-13-14-18-8-5-11-22(24(18)30-17)37-15-19-7-3-4-9-20(19)32-27(28,16-29)38-26(35)25(31-32)21(33)10-6-12-23(34)36-2/h3-5,7-9,11,13-14,25,31H,6,10,12,15H2,1-2H3. The highest BCUT2D eigenvalue weighted by Gasteiger charge is 2.50. The maximum Gasteiger partial charge on any atom is 0.368 e. The van der Waals surface area contributed by atoms with E-state index in [4.69, 9.17) is 21.1 Å². The van der Waals surface area contributed by atoms with Crippen molar-refractivity contribution in [2.24, 2.45) is 0 Å². The number of nitrogens with one attached hydrogen (secondary N) is 1. The number of ether oxygens (including phenoxy) is 3. The predicted octanol–water partition coefficient (Wildman–Crippen LogP) is 3.69. The van der Waals surface area contributed by atoms with Crippen LogP contribution in [0.2, 0.25) is 0 Å². The molecule has 0 amide bonds. The number of rotatable bonds is 9. The Morgan fingerprint density at radius 3 is 2.74 bits per heavy atom. The molecular formula is C27H25ClN4O6. The normalized spacial score (nSPS) is 18.9. The summed E-state index contributed by atoms with van der Waals surface area (Å²) in [6.45, 7) is 1.96. The number of Topliss-reactive ketones (excluding diaryl/α,β-unsaturated/α-hetero) is 1. The Bertz CT molecular complexity index is 1420. The number of aromatic nitrogens is 1. The van der Waals surface area contributed by atoms with Crippen LogP contribution in [0.25, 0.3) is 10.9 Å². The molecule has 2 aromatic carbocycles. The van der Waals surface area contributed by atoms with Crippen LogP contribution < -0.4 is 15.2 Å². The number of alkyl halides is 1. The fourth-order valence-electron chi connectivity index (χ4n) is 4.00. The van der Waals surface area contributed by atoms with E-state index in [0.29, 0.717) is 22.5 Å². The zero-order chi connectivity index (χ0) is 27.3. The van der Waals surface area contributed by atoms with Crippen LogP contribution in [-0.2, 0) is 30.5 Å². The van der Waals surface area contributed by atoms with E-state index >= 15 is 0 Å². The summed E-state index contributed by atoms with van der Waals surface area (Å²) in [7, 11) is 1.25. The Hall–Kier alpha value is -4.20. The first-order valence-corrected chi connectivity index (χ1v) is 12.2. The fourth-order valence-corrected chi connectivity index (χ4v) is 4.21. The number of anilines is 1. The number of methoxy groups -OCH3 is 1. The largest absolute Gasteiger partial charge is 0.487 e. The summed E-state index contributed by atoms with van der Waals surface area (Å²) < 4.78 is 15.9. The van der Waals surface area contributed by atoms with Crippen molar-refractivity contribution in [1.82, 2.24) is 10.4 Å². The second-order valence-corrected chi connectivity index (χ2v) is 9.10. The molecule has 4 rings (SSSR count). The molecule has 2 heterocycles. The average Bonchev–Trinajstić information content (AvgIpc) is 2.92. The SMILES string of the molecule is COC(=O)CCCC(=O)C1NN(c2ccccc2COc2cccc3ccc(C)nc23)C(Cl)(C#N)OC1=O. The lowest BCUT2D eigenvalue weighted by molar-refractivity contribution is -0.159. The smallest absolute Gasteiger partial charge is 0.368 e. The van der Waals surface area contributed by atoms with E-state index in [1.807, 2.05) is 37.3 Å². The number of hydrogen-bond donors (Lipinski definition) is 1. The van der Waals surface area contributed by atoms with Gasteiger partial charge in [0.15, 0.2) is 17.9 Å². The molecule has 0 bridgehead atoms. The molecule has 0 aliphatic carbocycles. The number of carbonyl (C=O) groups excluding carboxylic acids is 3. The highest BCUT2D eigenvalue weighted by atomic mass is 35.5. The molecule has 2 unspecified atom stereocenters. The zero-order valence-electron chi connectivity index (χ0n) is 20.8. The van der Waals surface area contributed by atoms with E-state index in [1.165, 1.54) is 7.11 Å². The molecule has 1 N–H and O–H groups in total. The lowest BCUT2D eigenvalue weighted by atomic mass is 10.1. The third kappa shape index (κ3) is 5.69. The number of nitriles is 1. The molecule has 196 valence electrons. The third-order valence-electron chi connectivity index (χ3n) is 5.95. The van der Waals surface area contributed by atoms with Gasteiger partial charge in [0, 0.05) is 29.5 Å². The van der Waals surface area contributed by atoms with Crippen LogP contribution in [0.15, 0.2) is 54.6 Å². The van der Waals surface area contributed by atoms with Crippen molar-refractivity contribution >= 4 is 45.9 Å². The summed E-state index contributed by atoms with van der Waals surface area (Å²) >= 11 is 6.41. The zero-order valence-corrected chi connectivity index (χ0v) is 21.5. The van der Waals surface area contributed by atoms with E-state index in [9.17, 15) is 19.6 Å². The van der Waals surface area contributed by atoms with Gasteiger partial charge in [-0.15, -0.1) is 0 Å². The number of halogens is 1. The number of nitrogens with zero attached hydrogens (tertiary/aromatic N) is 3. The topological polar surface area (TPSA) is 131 Å². The number of ketones is 1. The number of hydrazine groups is 1. The summed E-state index contributed by atoms with van der Waals surface area (Å²) in [5, 5.41) is 9.59. The van der Waals surface area contributed by atoms with Crippen LogP contribution in [0.4, 0.5) is 5.69 Å². The predicted molar refractivity (Wildman–Crippen MR) is 138 cm³/mol. The first-order valence-electron chi connectivity index (χ1n) is 11.8. The number of fused-ring (bicyclic) bond motifs is 1. The van der Waals surface area contributed by atoms with Crippen LogP contribution in [0.5, 0.6) is 5.75 Å². The number of benzene rings is 2. The summed E-state index contributed by atoms with van der Waals surface area (Å²) in [5.41, 5.74) is 5.27. The lowest BCUT2D eigenvalue weighted by Crippen LogP contribution is -2.67. The van der Waals surface area contributed by atoms with Gasteiger partial charge in [-0.05, 0) is 43.1 Å². The summed E-state index contributed by atoms with van der Waals surface area (Å²) in [4.78, 5) is 41.3. The van der Waals surface area contributed by atoms with Crippen molar-refractivity contribution in [3.63, 3.8) is 0 Å². The van der Waals surface area contributed by atoms with Gasteiger partial charge in [-0.25, -0.2) is 20.2 Å². The molecule has 0 spiro atoms. The summed E-state index contributed by atoms with van der Waals surface area (Å²) in [5.74, 6) is -1.42. The van der Waals surface area contributed by atoms with Crippen molar-refractivity contribution in [2.75, 3.05) is 12.1 Å². The number of esters is 2. The fraction of sp³-hybridized carbons (Fsp3) is 0.296. The van der Waals surface area contributed by atoms with Crippen molar-refractivity contribution in [2.45, 2.75) is 44.0 Å². The molecule has 10 nitrogen and oxygen atoms in total. The second kappa shape index (κ2) is 11.5. The molecule has 1 aromatic heterocycles. The van der Waals surface area contributed by atoms with Gasteiger partial charge >= 0.3 is 17.1 Å². The Kier molecular flexibility index (Phi) is 8.10. The third-order valence-corrected chi connectivity index (χ3v) is 6.28. The van der Waals surface area contributed by atoms with Crippen molar-refractivity contribution in [3.8, 4) is 11.8 Å². The van der Waals surface area contributed by atoms with E-state index in [0.717, 1.165) is 16.1 Å². The Morgan fingerprint density at radius 2 is 1.97 bits per heavy atom. The van der Waals surface area contributed by atoms with E-state index in [-0.39, 0.29) is 25.9 Å². The molecule has 11 heteroatoms. The second-order valence-electron chi connectivity index (χ2n) is 8.59. The Labute approximate surface area is 224 Å². The molecule has 0 radical (unpaired) electrons. The highest BCUT2D eigenvalue weighted by molar-refractivity contribution is 6.27. The van der Waals surface area contributed by atoms with Crippen LogP contribution >= 0.6 is 11.6 Å². The maximum atomic E-state index is 12.8. The van der Waals surface area contributed by atoms with Crippen LogP contribution in [0.3, 0.4) is 0 Å². The molecule has 1 saturated heterocycles. The number of cyclic esters (lactones) is 1. The average molecular weight is 537 g/mol. The quantitative estimate of drug-likeness (QED) is 0.187. The molecule has 1 aliphatic heterocycles. The van der Waals surface area contributed by atoms with Gasteiger partial charge in [0.05, 0.1) is 12.8 Å². The van der Waals surface area contributed by atoms with Gasteiger partial charge in [-0.3, -0.25) is 9.59 Å². The minimum absolute atomic E-state index is 0.0219. The van der Waals surface area contributed by atoms with E-state index in [2.05, 4.69) is 15.1 Å². The van der Waals surface area contributed by atoms with Crippen molar-refractivity contribution < 1.29 is 28.6 Å². The molecule has 1 fully saturated rings. The van der Waals surface area contributed by atoms with E-state index < -0.39 is 28.9 Å².